The Bertz CT molecular complexity index is 1570. The molecule has 1 atom stereocenters. The summed E-state index contributed by atoms with van der Waals surface area (Å²) in [5.74, 6) is -1.42. The fraction of sp³-hybridized carbons (Fsp3) is 0.344. The van der Waals surface area contributed by atoms with Gasteiger partial charge in [-0.2, -0.15) is 4.31 Å². The molecule has 0 radical (unpaired) electrons. The Labute approximate surface area is 252 Å². The van der Waals surface area contributed by atoms with Crippen molar-refractivity contribution in [2.45, 2.75) is 50.0 Å². The van der Waals surface area contributed by atoms with Crippen LogP contribution in [0.4, 0.5) is 17.1 Å². The quantitative estimate of drug-likeness (QED) is 0.345. The molecule has 2 aliphatic rings. The number of benzene rings is 3. The molecule has 2 N–H and O–H groups in total. The van der Waals surface area contributed by atoms with Crippen LogP contribution in [-0.4, -0.2) is 56.7 Å². The van der Waals surface area contributed by atoms with Gasteiger partial charge in [0.2, 0.25) is 15.9 Å². The zero-order valence-corrected chi connectivity index (χ0v) is 24.9. The van der Waals surface area contributed by atoms with Gasteiger partial charge in [0.05, 0.1) is 17.4 Å². The van der Waals surface area contributed by atoms with Crippen molar-refractivity contribution >= 4 is 44.9 Å². The van der Waals surface area contributed by atoms with Crippen LogP contribution in [0, 0.1) is 0 Å². The summed E-state index contributed by atoms with van der Waals surface area (Å²) in [5, 5.41) is 5.37. The number of ether oxygens (including phenoxy) is 1. The second-order valence-electron chi connectivity index (χ2n) is 10.8. The van der Waals surface area contributed by atoms with Crippen LogP contribution >= 0.6 is 0 Å². The highest BCUT2D eigenvalue weighted by molar-refractivity contribution is 7.89. The minimum Gasteiger partial charge on any atom is -0.456 e. The molecule has 0 aliphatic carbocycles. The van der Waals surface area contributed by atoms with Crippen molar-refractivity contribution < 1.29 is 27.5 Å². The lowest BCUT2D eigenvalue weighted by Crippen LogP contribution is -2.41. The first-order valence-electron chi connectivity index (χ1n) is 14.5. The first-order chi connectivity index (χ1) is 20.7. The summed E-state index contributed by atoms with van der Waals surface area (Å²) in [6, 6.07) is 20.1. The van der Waals surface area contributed by atoms with Crippen molar-refractivity contribution in [1.29, 1.82) is 0 Å². The average molecular weight is 605 g/mol. The number of nitrogens with zero attached hydrogens (tertiary/aromatic N) is 2. The van der Waals surface area contributed by atoms with Crippen molar-refractivity contribution in [3.05, 3.63) is 83.9 Å². The number of hydrogen-bond donors (Lipinski definition) is 2. The number of carbonyl (C=O) groups is 3. The summed E-state index contributed by atoms with van der Waals surface area (Å²) < 4.78 is 34.1. The third kappa shape index (κ3) is 7.41. The Morgan fingerprint density at radius 2 is 1.49 bits per heavy atom. The monoisotopic (exact) mass is 604 g/mol. The van der Waals surface area contributed by atoms with E-state index in [1.54, 1.807) is 6.07 Å². The van der Waals surface area contributed by atoms with Gasteiger partial charge in [0.15, 0.2) is 6.61 Å². The number of nitrogens with one attached hydrogen (secondary N) is 2. The predicted octanol–water partition coefficient (Wildman–Crippen LogP) is 4.50. The van der Waals surface area contributed by atoms with Crippen molar-refractivity contribution in [1.82, 2.24) is 4.31 Å². The Morgan fingerprint density at radius 1 is 0.837 bits per heavy atom. The van der Waals surface area contributed by atoms with Gasteiger partial charge in [-0.3, -0.25) is 14.4 Å². The van der Waals surface area contributed by atoms with E-state index in [0.29, 0.717) is 17.8 Å². The van der Waals surface area contributed by atoms with Crippen molar-refractivity contribution in [3.8, 4) is 0 Å². The maximum Gasteiger partial charge on any atom is 0.308 e. The van der Waals surface area contributed by atoms with E-state index in [1.807, 2.05) is 42.5 Å². The van der Waals surface area contributed by atoms with Gasteiger partial charge in [-0.05, 0) is 85.3 Å². The first kappa shape index (κ1) is 30.2. The van der Waals surface area contributed by atoms with Crippen molar-refractivity contribution in [2.75, 3.05) is 41.8 Å². The molecule has 3 aromatic rings. The average Bonchev–Trinajstić information content (AvgIpc) is 3.01. The fourth-order valence-electron chi connectivity index (χ4n) is 5.64. The number of anilines is 3. The molecule has 43 heavy (non-hydrogen) atoms. The minimum absolute atomic E-state index is 0.0463. The van der Waals surface area contributed by atoms with Gasteiger partial charge in [0.25, 0.3) is 5.91 Å². The maximum atomic E-state index is 13.7. The standard InChI is InChI=1S/C32H36N4O6S/c1-23(37)33-25-11-15-28(16-12-25)43(40,41)36-20-17-24-7-3-4-8-29(24)30(36)21-32(39)42-22-31(38)34-26-9-13-27(14-10-26)35-18-5-2-6-19-35/h3-4,7-16,30H,2,5-6,17-22H2,1H3,(H,33,37)(H,34,38). The zero-order valence-electron chi connectivity index (χ0n) is 24.1. The topological polar surface area (TPSA) is 125 Å². The Morgan fingerprint density at radius 3 is 2.19 bits per heavy atom. The molecule has 11 heteroatoms. The van der Waals surface area contributed by atoms with Crippen LogP contribution < -0.4 is 15.5 Å². The first-order valence-corrected chi connectivity index (χ1v) is 15.9. The predicted molar refractivity (Wildman–Crippen MR) is 164 cm³/mol. The highest BCUT2D eigenvalue weighted by atomic mass is 32.2. The van der Waals surface area contributed by atoms with Crippen LogP contribution in [0.5, 0.6) is 0 Å². The Hall–Kier alpha value is -4.22. The summed E-state index contributed by atoms with van der Waals surface area (Å²) >= 11 is 0. The normalized spacial score (nSPS) is 17.0. The third-order valence-electron chi connectivity index (χ3n) is 7.74. The van der Waals surface area contributed by atoms with Crippen molar-refractivity contribution in [3.63, 3.8) is 0 Å². The molecule has 0 aromatic heterocycles. The summed E-state index contributed by atoms with van der Waals surface area (Å²) in [6.45, 7) is 3.11. The van der Waals surface area contributed by atoms with E-state index in [2.05, 4.69) is 15.5 Å². The van der Waals surface area contributed by atoms with Gasteiger partial charge in [0, 0.05) is 43.6 Å². The highest BCUT2D eigenvalue weighted by Gasteiger charge is 2.38. The van der Waals surface area contributed by atoms with Gasteiger partial charge in [0.1, 0.15) is 0 Å². The van der Waals surface area contributed by atoms with E-state index in [1.165, 1.54) is 54.8 Å². The fourth-order valence-corrected chi connectivity index (χ4v) is 7.25. The maximum absolute atomic E-state index is 13.7. The molecular weight excluding hydrogens is 568 g/mol. The van der Waals surface area contributed by atoms with E-state index in [9.17, 15) is 22.8 Å². The highest BCUT2D eigenvalue weighted by Crippen LogP contribution is 2.36. The number of sulfonamides is 1. The molecule has 1 fully saturated rings. The molecular formula is C32H36N4O6S. The number of hydrogen-bond acceptors (Lipinski definition) is 7. The van der Waals surface area contributed by atoms with Gasteiger partial charge in [-0.15, -0.1) is 0 Å². The SMILES string of the molecule is CC(=O)Nc1ccc(S(=O)(=O)N2CCc3ccccc3C2CC(=O)OCC(=O)Nc2ccc(N3CCCCC3)cc2)cc1. The number of carbonyl (C=O) groups excluding carboxylic acids is 3. The largest absolute Gasteiger partial charge is 0.456 e. The lowest BCUT2D eigenvalue weighted by atomic mass is 9.92. The molecule has 2 amide bonds. The molecule has 1 saturated heterocycles. The molecule has 0 saturated carbocycles. The van der Waals surface area contributed by atoms with E-state index in [-0.39, 0.29) is 23.8 Å². The van der Waals surface area contributed by atoms with E-state index >= 15 is 0 Å². The molecule has 10 nitrogen and oxygen atoms in total. The number of esters is 1. The number of fused-ring (bicyclic) bond motifs is 1. The van der Waals surface area contributed by atoms with Gasteiger partial charge < -0.3 is 20.3 Å². The van der Waals surface area contributed by atoms with E-state index in [0.717, 1.165) is 29.9 Å². The smallest absolute Gasteiger partial charge is 0.308 e. The lowest BCUT2D eigenvalue weighted by molar-refractivity contribution is -0.148. The second kappa shape index (κ2) is 13.4. The van der Waals surface area contributed by atoms with Crippen LogP contribution in [0.25, 0.3) is 0 Å². The van der Waals surface area contributed by atoms with Gasteiger partial charge in [-0.25, -0.2) is 8.42 Å². The van der Waals surface area contributed by atoms with Gasteiger partial charge in [-0.1, -0.05) is 24.3 Å². The molecule has 0 spiro atoms. The van der Waals surface area contributed by atoms with Crippen LogP contribution in [0.1, 0.15) is 49.8 Å². The van der Waals surface area contributed by atoms with E-state index < -0.39 is 34.5 Å². The third-order valence-corrected chi connectivity index (χ3v) is 9.66. The number of amides is 2. The Kier molecular flexibility index (Phi) is 9.42. The summed E-state index contributed by atoms with van der Waals surface area (Å²) in [6.07, 6.45) is 3.83. The summed E-state index contributed by atoms with van der Waals surface area (Å²) in [7, 11) is -4.00. The molecule has 226 valence electrons. The van der Waals surface area contributed by atoms with Gasteiger partial charge >= 0.3 is 5.97 Å². The van der Waals surface area contributed by atoms with Crippen LogP contribution in [0.2, 0.25) is 0 Å². The summed E-state index contributed by atoms with van der Waals surface area (Å²) in [4.78, 5) is 39.3. The molecule has 5 rings (SSSR count). The number of rotatable bonds is 9. The van der Waals surface area contributed by atoms with Crippen molar-refractivity contribution in [2.24, 2.45) is 0 Å². The number of piperidine rings is 1. The van der Waals surface area contributed by atoms with Crippen LogP contribution in [-0.2, 0) is 35.6 Å². The second-order valence-corrected chi connectivity index (χ2v) is 12.7. The minimum atomic E-state index is -4.00. The molecule has 3 aromatic carbocycles. The Balaban J connectivity index is 1.23. The molecule has 2 aliphatic heterocycles. The molecule has 1 unspecified atom stereocenters. The summed E-state index contributed by atoms with van der Waals surface area (Å²) in [5.41, 5.74) is 3.87. The van der Waals surface area contributed by atoms with Crippen LogP contribution in [0.15, 0.2) is 77.7 Å². The van der Waals surface area contributed by atoms with E-state index in [4.69, 9.17) is 4.74 Å². The lowest BCUT2D eigenvalue weighted by Gasteiger charge is -2.36. The molecule has 0 bridgehead atoms. The van der Waals surface area contributed by atoms with Crippen LogP contribution in [0.3, 0.4) is 0 Å². The molecule has 2 heterocycles. The zero-order chi connectivity index (χ0) is 30.4.